The highest BCUT2D eigenvalue weighted by molar-refractivity contribution is 9.10. The van der Waals surface area contributed by atoms with Crippen LogP contribution in [0.25, 0.3) is 0 Å². The SMILES string of the molecule is Brc1ccccc1CNc1ccccc1Nc1ccccc1. The number of hydrogen-bond acceptors (Lipinski definition) is 2. The van der Waals surface area contributed by atoms with E-state index in [2.05, 4.69) is 69.0 Å². The third-order valence-electron chi connectivity index (χ3n) is 3.41. The Bertz CT molecular complexity index is 741. The van der Waals surface area contributed by atoms with Gasteiger partial charge in [-0.1, -0.05) is 64.5 Å². The standard InChI is InChI=1S/C19H17BrN2/c20-17-11-5-4-8-15(17)14-21-18-12-6-7-13-19(18)22-16-9-2-1-3-10-16/h1-13,21-22H,14H2. The minimum Gasteiger partial charge on any atom is -0.379 e. The molecule has 0 saturated carbocycles. The number of halogens is 1. The summed E-state index contributed by atoms with van der Waals surface area (Å²) in [5.74, 6) is 0. The summed E-state index contributed by atoms with van der Waals surface area (Å²) >= 11 is 3.59. The summed E-state index contributed by atoms with van der Waals surface area (Å²) in [5, 5.41) is 6.95. The molecule has 0 aliphatic heterocycles. The molecular weight excluding hydrogens is 336 g/mol. The zero-order chi connectivity index (χ0) is 15.2. The van der Waals surface area contributed by atoms with E-state index in [-0.39, 0.29) is 0 Å². The van der Waals surface area contributed by atoms with Crippen LogP contribution < -0.4 is 10.6 Å². The Morgan fingerprint density at radius 2 is 1.32 bits per heavy atom. The van der Waals surface area contributed by atoms with Crippen molar-refractivity contribution in [1.29, 1.82) is 0 Å². The molecule has 0 heterocycles. The van der Waals surface area contributed by atoms with Crippen molar-refractivity contribution in [2.24, 2.45) is 0 Å². The van der Waals surface area contributed by atoms with Gasteiger partial charge in [-0.3, -0.25) is 0 Å². The number of anilines is 3. The lowest BCUT2D eigenvalue weighted by atomic mass is 10.2. The van der Waals surface area contributed by atoms with E-state index in [1.54, 1.807) is 0 Å². The molecule has 3 rings (SSSR count). The summed E-state index contributed by atoms with van der Waals surface area (Å²) in [4.78, 5) is 0. The minimum absolute atomic E-state index is 0.773. The van der Waals surface area contributed by atoms with Crippen LogP contribution in [0.3, 0.4) is 0 Å². The molecule has 0 spiro atoms. The fraction of sp³-hybridized carbons (Fsp3) is 0.0526. The fourth-order valence-electron chi connectivity index (χ4n) is 2.26. The largest absolute Gasteiger partial charge is 0.379 e. The van der Waals surface area contributed by atoms with E-state index in [1.807, 2.05) is 36.4 Å². The Hall–Kier alpha value is -2.26. The lowest BCUT2D eigenvalue weighted by Gasteiger charge is -2.14. The molecule has 0 atom stereocenters. The van der Waals surface area contributed by atoms with Crippen molar-refractivity contribution in [3.8, 4) is 0 Å². The maximum Gasteiger partial charge on any atom is 0.0620 e. The van der Waals surface area contributed by atoms with Crippen molar-refractivity contribution in [3.05, 3.63) is 88.9 Å². The molecule has 0 radical (unpaired) electrons. The number of hydrogen-bond donors (Lipinski definition) is 2. The second kappa shape index (κ2) is 7.14. The van der Waals surface area contributed by atoms with Crippen LogP contribution in [0, 0.1) is 0 Å². The van der Waals surface area contributed by atoms with E-state index < -0.39 is 0 Å². The van der Waals surface area contributed by atoms with Crippen LogP contribution in [0.15, 0.2) is 83.3 Å². The quantitative estimate of drug-likeness (QED) is 0.605. The zero-order valence-corrected chi connectivity index (χ0v) is 13.7. The van der Waals surface area contributed by atoms with Gasteiger partial charge in [0.1, 0.15) is 0 Å². The van der Waals surface area contributed by atoms with E-state index >= 15 is 0 Å². The van der Waals surface area contributed by atoms with E-state index in [0.717, 1.165) is 28.1 Å². The average molecular weight is 353 g/mol. The Morgan fingerprint density at radius 1 is 0.682 bits per heavy atom. The van der Waals surface area contributed by atoms with E-state index in [0.29, 0.717) is 0 Å². The van der Waals surface area contributed by atoms with Crippen molar-refractivity contribution >= 4 is 33.0 Å². The highest BCUT2D eigenvalue weighted by atomic mass is 79.9. The Kier molecular flexibility index (Phi) is 4.76. The molecule has 0 aromatic heterocycles. The predicted molar refractivity (Wildman–Crippen MR) is 97.6 cm³/mol. The van der Waals surface area contributed by atoms with Gasteiger partial charge < -0.3 is 10.6 Å². The molecule has 0 bridgehead atoms. The van der Waals surface area contributed by atoms with Crippen LogP contribution in [0.5, 0.6) is 0 Å². The van der Waals surface area contributed by atoms with Crippen LogP contribution in [-0.4, -0.2) is 0 Å². The summed E-state index contributed by atoms with van der Waals surface area (Å²) in [6.45, 7) is 0.773. The third-order valence-corrected chi connectivity index (χ3v) is 4.18. The van der Waals surface area contributed by atoms with Crippen molar-refractivity contribution in [1.82, 2.24) is 0 Å². The molecule has 2 N–H and O–H groups in total. The summed E-state index contributed by atoms with van der Waals surface area (Å²) in [7, 11) is 0. The van der Waals surface area contributed by atoms with Gasteiger partial charge in [-0.2, -0.15) is 0 Å². The summed E-state index contributed by atoms with van der Waals surface area (Å²) in [5.41, 5.74) is 4.47. The van der Waals surface area contributed by atoms with Crippen LogP contribution in [0.4, 0.5) is 17.1 Å². The highest BCUT2D eigenvalue weighted by Gasteiger charge is 2.03. The van der Waals surface area contributed by atoms with Crippen LogP contribution in [-0.2, 0) is 6.54 Å². The molecule has 0 aliphatic rings. The third kappa shape index (κ3) is 3.68. The molecule has 3 aromatic rings. The van der Waals surface area contributed by atoms with Crippen LogP contribution in [0.2, 0.25) is 0 Å². The van der Waals surface area contributed by atoms with Gasteiger partial charge in [0.25, 0.3) is 0 Å². The Balaban J connectivity index is 1.75. The van der Waals surface area contributed by atoms with Gasteiger partial charge in [0.15, 0.2) is 0 Å². The molecule has 3 aromatic carbocycles. The lowest BCUT2D eigenvalue weighted by Crippen LogP contribution is -2.03. The second-order valence-corrected chi connectivity index (χ2v) is 5.84. The molecule has 0 unspecified atom stereocenters. The van der Waals surface area contributed by atoms with Crippen molar-refractivity contribution in [3.63, 3.8) is 0 Å². The van der Waals surface area contributed by atoms with Gasteiger partial charge in [-0.05, 0) is 35.9 Å². The van der Waals surface area contributed by atoms with Crippen molar-refractivity contribution in [2.45, 2.75) is 6.54 Å². The van der Waals surface area contributed by atoms with Gasteiger partial charge in [-0.15, -0.1) is 0 Å². The highest BCUT2D eigenvalue weighted by Crippen LogP contribution is 2.26. The first-order valence-electron chi connectivity index (χ1n) is 7.21. The smallest absolute Gasteiger partial charge is 0.0620 e. The van der Waals surface area contributed by atoms with Gasteiger partial charge >= 0.3 is 0 Å². The molecule has 0 aliphatic carbocycles. The maximum absolute atomic E-state index is 3.59. The van der Waals surface area contributed by atoms with Crippen molar-refractivity contribution in [2.75, 3.05) is 10.6 Å². The number of benzene rings is 3. The van der Waals surface area contributed by atoms with Gasteiger partial charge in [0.2, 0.25) is 0 Å². The van der Waals surface area contributed by atoms with Crippen molar-refractivity contribution < 1.29 is 0 Å². The normalized spacial score (nSPS) is 10.2. The summed E-state index contributed by atoms with van der Waals surface area (Å²) < 4.78 is 1.12. The summed E-state index contributed by atoms with van der Waals surface area (Å²) in [6.07, 6.45) is 0. The molecule has 0 amide bonds. The second-order valence-electron chi connectivity index (χ2n) is 4.98. The van der Waals surface area contributed by atoms with Gasteiger partial charge in [-0.25, -0.2) is 0 Å². The van der Waals surface area contributed by atoms with E-state index in [1.165, 1.54) is 5.56 Å². The van der Waals surface area contributed by atoms with Gasteiger partial charge in [0.05, 0.1) is 11.4 Å². The maximum atomic E-state index is 3.59. The monoisotopic (exact) mass is 352 g/mol. The fourth-order valence-corrected chi connectivity index (χ4v) is 2.68. The number of rotatable bonds is 5. The molecule has 22 heavy (non-hydrogen) atoms. The van der Waals surface area contributed by atoms with E-state index in [4.69, 9.17) is 0 Å². The molecule has 110 valence electrons. The Morgan fingerprint density at radius 3 is 2.09 bits per heavy atom. The molecule has 0 saturated heterocycles. The number of nitrogens with one attached hydrogen (secondary N) is 2. The minimum atomic E-state index is 0.773. The van der Waals surface area contributed by atoms with Gasteiger partial charge in [0, 0.05) is 16.7 Å². The first kappa shape index (κ1) is 14.7. The topological polar surface area (TPSA) is 24.1 Å². The van der Waals surface area contributed by atoms with Crippen LogP contribution in [0.1, 0.15) is 5.56 Å². The lowest BCUT2D eigenvalue weighted by molar-refractivity contribution is 1.14. The number of para-hydroxylation sites is 3. The average Bonchev–Trinajstić information content (AvgIpc) is 2.56. The first-order valence-corrected chi connectivity index (χ1v) is 8.00. The zero-order valence-electron chi connectivity index (χ0n) is 12.1. The Labute approximate surface area is 139 Å². The summed E-state index contributed by atoms with van der Waals surface area (Å²) in [6, 6.07) is 26.7. The molecule has 3 heteroatoms. The predicted octanol–water partition coefficient (Wildman–Crippen LogP) is 5.80. The molecular formula is C19H17BrN2. The first-order chi connectivity index (χ1) is 10.8. The van der Waals surface area contributed by atoms with Crippen LogP contribution >= 0.6 is 15.9 Å². The molecule has 2 nitrogen and oxygen atoms in total. The van der Waals surface area contributed by atoms with E-state index in [9.17, 15) is 0 Å². The molecule has 0 fully saturated rings.